The van der Waals surface area contributed by atoms with Crippen molar-refractivity contribution in [1.82, 2.24) is 0 Å². The van der Waals surface area contributed by atoms with Gasteiger partial charge in [-0.3, -0.25) is 0 Å². The van der Waals surface area contributed by atoms with Gasteiger partial charge >= 0.3 is 0 Å². The lowest BCUT2D eigenvalue weighted by Crippen LogP contribution is -2.15. The molecule has 2 unspecified atom stereocenters. The van der Waals surface area contributed by atoms with Gasteiger partial charge in [-0.1, -0.05) is 65.7 Å². The minimum atomic E-state index is -0.0786. The van der Waals surface area contributed by atoms with Crippen molar-refractivity contribution in [3.05, 3.63) is 0 Å². The van der Waals surface area contributed by atoms with Gasteiger partial charge in [-0.15, -0.1) is 0 Å². The molecule has 0 saturated carbocycles. The first-order chi connectivity index (χ1) is 7.22. The molecular formula is C14H30O. The van der Waals surface area contributed by atoms with Crippen molar-refractivity contribution in [3.8, 4) is 0 Å². The number of aliphatic hydroxyl groups excluding tert-OH is 1. The molecule has 0 aliphatic carbocycles. The smallest absolute Gasteiger partial charge is 0.0563 e. The lowest BCUT2D eigenvalue weighted by molar-refractivity contribution is 0.106. The van der Waals surface area contributed by atoms with Crippen LogP contribution in [0, 0.1) is 5.92 Å². The summed E-state index contributed by atoms with van der Waals surface area (Å²) in [5.41, 5.74) is 0. The van der Waals surface area contributed by atoms with E-state index in [0.29, 0.717) is 5.92 Å². The van der Waals surface area contributed by atoms with Gasteiger partial charge in [0, 0.05) is 0 Å². The Bertz CT molecular complexity index is 123. The second kappa shape index (κ2) is 10.5. The zero-order valence-corrected chi connectivity index (χ0v) is 11.0. The molecule has 0 amide bonds. The summed E-state index contributed by atoms with van der Waals surface area (Å²) in [5, 5.41) is 9.60. The van der Waals surface area contributed by atoms with Crippen LogP contribution in [-0.2, 0) is 0 Å². The summed E-state index contributed by atoms with van der Waals surface area (Å²) in [4.78, 5) is 0. The first-order valence-electron chi connectivity index (χ1n) is 6.90. The molecule has 1 N–H and O–H groups in total. The third-order valence-corrected chi connectivity index (χ3v) is 3.34. The van der Waals surface area contributed by atoms with Crippen LogP contribution in [0.15, 0.2) is 0 Å². The van der Waals surface area contributed by atoms with E-state index in [9.17, 15) is 5.11 Å². The van der Waals surface area contributed by atoms with E-state index in [4.69, 9.17) is 0 Å². The molecule has 0 aliphatic heterocycles. The fraction of sp³-hybridized carbons (Fsp3) is 1.00. The number of unbranched alkanes of at least 4 members (excludes halogenated alkanes) is 6. The quantitative estimate of drug-likeness (QED) is 0.530. The minimum absolute atomic E-state index is 0.0786. The van der Waals surface area contributed by atoms with Crippen LogP contribution in [0.5, 0.6) is 0 Å². The average Bonchev–Trinajstić information content (AvgIpc) is 2.26. The second-order valence-corrected chi connectivity index (χ2v) is 4.86. The van der Waals surface area contributed by atoms with Gasteiger partial charge < -0.3 is 5.11 Å². The molecule has 0 spiro atoms. The van der Waals surface area contributed by atoms with E-state index in [1.807, 2.05) is 0 Å². The standard InChI is InChI=1S/C14H30O/c1-4-6-7-8-9-10-11-12-13(3)14(15)5-2/h13-15H,4-12H2,1-3H3. The zero-order valence-electron chi connectivity index (χ0n) is 11.0. The molecule has 2 atom stereocenters. The molecule has 0 aromatic rings. The van der Waals surface area contributed by atoms with Gasteiger partial charge in [-0.2, -0.15) is 0 Å². The third-order valence-electron chi connectivity index (χ3n) is 3.34. The van der Waals surface area contributed by atoms with Crippen LogP contribution in [0.3, 0.4) is 0 Å². The molecule has 92 valence electrons. The van der Waals surface area contributed by atoms with Crippen molar-refractivity contribution < 1.29 is 5.11 Å². The van der Waals surface area contributed by atoms with Gasteiger partial charge in [0.15, 0.2) is 0 Å². The second-order valence-electron chi connectivity index (χ2n) is 4.86. The highest BCUT2D eigenvalue weighted by Crippen LogP contribution is 2.16. The number of rotatable bonds is 10. The molecule has 0 saturated heterocycles. The van der Waals surface area contributed by atoms with Crippen LogP contribution in [0.25, 0.3) is 0 Å². The Morgan fingerprint density at radius 1 is 0.867 bits per heavy atom. The third kappa shape index (κ3) is 8.92. The summed E-state index contributed by atoms with van der Waals surface area (Å²) in [6.07, 6.45) is 11.6. The van der Waals surface area contributed by atoms with Gasteiger partial charge in [0.1, 0.15) is 0 Å². The van der Waals surface area contributed by atoms with Gasteiger partial charge in [0.2, 0.25) is 0 Å². The normalized spacial score (nSPS) is 15.2. The summed E-state index contributed by atoms with van der Waals surface area (Å²) >= 11 is 0. The molecule has 0 bridgehead atoms. The lowest BCUT2D eigenvalue weighted by Gasteiger charge is -2.16. The van der Waals surface area contributed by atoms with Crippen molar-refractivity contribution in [2.24, 2.45) is 5.92 Å². The Labute approximate surface area is 96.3 Å². The highest BCUT2D eigenvalue weighted by Gasteiger charge is 2.10. The molecule has 1 nitrogen and oxygen atoms in total. The molecule has 0 rings (SSSR count). The molecule has 0 radical (unpaired) electrons. The van der Waals surface area contributed by atoms with E-state index in [2.05, 4.69) is 20.8 Å². The Morgan fingerprint density at radius 3 is 1.93 bits per heavy atom. The van der Waals surface area contributed by atoms with E-state index in [1.54, 1.807) is 0 Å². The lowest BCUT2D eigenvalue weighted by atomic mass is 9.95. The number of hydrogen-bond donors (Lipinski definition) is 1. The summed E-state index contributed by atoms with van der Waals surface area (Å²) in [7, 11) is 0. The fourth-order valence-corrected chi connectivity index (χ4v) is 2.02. The predicted octanol–water partition coefficient (Wildman–Crippen LogP) is 4.53. The maximum Gasteiger partial charge on any atom is 0.0563 e. The van der Waals surface area contributed by atoms with Crippen LogP contribution in [-0.4, -0.2) is 11.2 Å². The zero-order chi connectivity index (χ0) is 11.5. The molecule has 0 fully saturated rings. The van der Waals surface area contributed by atoms with Crippen LogP contribution >= 0.6 is 0 Å². The topological polar surface area (TPSA) is 20.2 Å². The number of aliphatic hydroxyl groups is 1. The Morgan fingerprint density at radius 2 is 1.40 bits per heavy atom. The number of hydrogen-bond acceptors (Lipinski definition) is 1. The maximum absolute atomic E-state index is 9.60. The summed E-state index contributed by atoms with van der Waals surface area (Å²) in [6.45, 7) is 6.49. The SMILES string of the molecule is CCCCCCCCCC(C)C(O)CC. The Balaban J connectivity index is 3.16. The summed E-state index contributed by atoms with van der Waals surface area (Å²) in [6, 6.07) is 0. The van der Waals surface area contributed by atoms with Crippen molar-refractivity contribution >= 4 is 0 Å². The van der Waals surface area contributed by atoms with Crippen LogP contribution in [0.2, 0.25) is 0 Å². The highest BCUT2D eigenvalue weighted by atomic mass is 16.3. The Kier molecular flexibility index (Phi) is 10.4. The van der Waals surface area contributed by atoms with Gasteiger partial charge in [0.25, 0.3) is 0 Å². The van der Waals surface area contributed by atoms with E-state index < -0.39 is 0 Å². The monoisotopic (exact) mass is 214 g/mol. The largest absolute Gasteiger partial charge is 0.393 e. The van der Waals surface area contributed by atoms with E-state index in [-0.39, 0.29) is 6.10 Å². The molecule has 0 heterocycles. The van der Waals surface area contributed by atoms with Crippen LogP contribution < -0.4 is 0 Å². The van der Waals surface area contributed by atoms with Crippen molar-refractivity contribution in [2.75, 3.05) is 0 Å². The summed E-state index contributed by atoms with van der Waals surface area (Å²) in [5.74, 6) is 0.491. The maximum atomic E-state index is 9.60. The van der Waals surface area contributed by atoms with Crippen LogP contribution in [0.1, 0.15) is 78.6 Å². The minimum Gasteiger partial charge on any atom is -0.393 e. The van der Waals surface area contributed by atoms with Crippen LogP contribution in [0.4, 0.5) is 0 Å². The molecule has 0 aromatic heterocycles. The molecule has 0 aromatic carbocycles. The molecule has 1 heteroatoms. The molecule has 0 aliphatic rings. The van der Waals surface area contributed by atoms with E-state index in [0.717, 1.165) is 6.42 Å². The molecule has 15 heavy (non-hydrogen) atoms. The van der Waals surface area contributed by atoms with Gasteiger partial charge in [-0.25, -0.2) is 0 Å². The van der Waals surface area contributed by atoms with E-state index in [1.165, 1.54) is 51.4 Å². The van der Waals surface area contributed by atoms with E-state index >= 15 is 0 Å². The highest BCUT2D eigenvalue weighted by molar-refractivity contribution is 4.62. The van der Waals surface area contributed by atoms with Crippen molar-refractivity contribution in [1.29, 1.82) is 0 Å². The van der Waals surface area contributed by atoms with Gasteiger partial charge in [0.05, 0.1) is 6.10 Å². The first kappa shape index (κ1) is 15.0. The predicted molar refractivity (Wildman–Crippen MR) is 68.1 cm³/mol. The average molecular weight is 214 g/mol. The Hall–Kier alpha value is -0.0400. The fourth-order valence-electron chi connectivity index (χ4n) is 2.02. The van der Waals surface area contributed by atoms with Gasteiger partial charge in [-0.05, 0) is 18.8 Å². The molecular weight excluding hydrogens is 184 g/mol. The first-order valence-corrected chi connectivity index (χ1v) is 6.90. The van der Waals surface area contributed by atoms with Crippen molar-refractivity contribution in [2.45, 2.75) is 84.7 Å². The summed E-state index contributed by atoms with van der Waals surface area (Å²) < 4.78 is 0. The van der Waals surface area contributed by atoms with Crippen molar-refractivity contribution in [3.63, 3.8) is 0 Å².